The average molecular weight is 292 g/mol. The highest BCUT2D eigenvalue weighted by atomic mass is 16.8. The molecule has 0 unspecified atom stereocenters. The van der Waals surface area contributed by atoms with Crippen LogP contribution in [0.2, 0.25) is 0 Å². The summed E-state index contributed by atoms with van der Waals surface area (Å²) in [6, 6.07) is 0. The molecule has 0 aliphatic carbocycles. The first-order valence-corrected chi connectivity index (χ1v) is 7.63. The molecule has 0 aromatic rings. The van der Waals surface area contributed by atoms with Crippen molar-refractivity contribution in [1.29, 1.82) is 0 Å². The molecule has 0 saturated carbocycles. The highest BCUT2D eigenvalue weighted by molar-refractivity contribution is 4.79. The Balaban J connectivity index is 5.02. The van der Waals surface area contributed by atoms with Crippen LogP contribution >= 0.6 is 0 Å². The summed E-state index contributed by atoms with van der Waals surface area (Å²) in [5.74, 6) is -3.22. The van der Waals surface area contributed by atoms with E-state index in [4.69, 9.17) is 30.4 Å². The van der Waals surface area contributed by atoms with E-state index < -0.39 is 11.8 Å². The van der Waals surface area contributed by atoms with Gasteiger partial charge in [-0.25, -0.2) is 0 Å². The van der Waals surface area contributed by atoms with Gasteiger partial charge in [-0.2, -0.15) is 0 Å². The van der Waals surface area contributed by atoms with Crippen LogP contribution in [0, 0.1) is 0 Å². The molecule has 0 amide bonds. The number of nitrogens with two attached hydrogens (primary N) is 2. The molecule has 0 radical (unpaired) electrons. The Hall–Kier alpha value is -0.240. The van der Waals surface area contributed by atoms with E-state index in [2.05, 4.69) is 0 Å². The fraction of sp³-hybridized carbons (Fsp3) is 1.00. The predicted molar refractivity (Wildman–Crippen MR) is 78.8 cm³/mol. The van der Waals surface area contributed by atoms with Crippen LogP contribution in [0.4, 0.5) is 0 Å². The summed E-state index contributed by atoms with van der Waals surface area (Å²) in [5, 5.41) is 0. The van der Waals surface area contributed by atoms with Crippen molar-refractivity contribution in [2.24, 2.45) is 11.5 Å². The minimum atomic E-state index is -1.61. The van der Waals surface area contributed by atoms with Gasteiger partial charge in [0.05, 0.1) is 26.4 Å². The van der Waals surface area contributed by atoms with Crippen LogP contribution in [-0.4, -0.2) is 38.2 Å². The Kier molecular flexibility index (Phi) is 10.4. The maximum atomic E-state index is 6.21. The minimum absolute atomic E-state index is 0.421. The van der Waals surface area contributed by atoms with E-state index in [9.17, 15) is 0 Å². The Morgan fingerprint density at radius 3 is 0.900 bits per heavy atom. The normalized spacial score (nSPS) is 12.9. The molecule has 0 aliphatic heterocycles. The number of rotatable bonds is 13. The van der Waals surface area contributed by atoms with Crippen molar-refractivity contribution in [1.82, 2.24) is 0 Å². The second kappa shape index (κ2) is 10.5. The van der Waals surface area contributed by atoms with Gasteiger partial charge in [-0.3, -0.25) is 11.5 Å². The number of ether oxygens (including phenoxy) is 4. The SMILES string of the molecule is CCCOC(N)(OCCC)C(N)(OCCC)OCCC. The van der Waals surface area contributed by atoms with Crippen molar-refractivity contribution in [3.8, 4) is 0 Å². The molecule has 0 bridgehead atoms. The molecule has 0 atom stereocenters. The van der Waals surface area contributed by atoms with Crippen LogP contribution in [0.3, 0.4) is 0 Å². The third kappa shape index (κ3) is 6.03. The van der Waals surface area contributed by atoms with Crippen molar-refractivity contribution in [2.45, 2.75) is 65.2 Å². The zero-order valence-corrected chi connectivity index (χ0v) is 13.4. The van der Waals surface area contributed by atoms with E-state index in [1.54, 1.807) is 0 Å². The Morgan fingerprint density at radius 2 is 0.750 bits per heavy atom. The van der Waals surface area contributed by atoms with Crippen LogP contribution in [0.1, 0.15) is 53.4 Å². The fourth-order valence-corrected chi connectivity index (χ4v) is 1.50. The van der Waals surface area contributed by atoms with Gasteiger partial charge in [0.1, 0.15) is 0 Å². The average Bonchev–Trinajstić information content (AvgIpc) is 2.46. The fourth-order valence-electron chi connectivity index (χ4n) is 1.50. The molecule has 0 saturated heterocycles. The molecule has 122 valence electrons. The molecule has 0 rings (SSSR count). The minimum Gasteiger partial charge on any atom is -0.332 e. The van der Waals surface area contributed by atoms with Crippen LogP contribution in [-0.2, 0) is 18.9 Å². The summed E-state index contributed by atoms with van der Waals surface area (Å²) in [6.07, 6.45) is 3.19. The molecular formula is C14H32N2O4. The molecule has 0 aromatic carbocycles. The van der Waals surface area contributed by atoms with Crippen molar-refractivity contribution >= 4 is 0 Å². The largest absolute Gasteiger partial charge is 0.332 e. The quantitative estimate of drug-likeness (QED) is 0.504. The molecule has 4 N–H and O–H groups in total. The van der Waals surface area contributed by atoms with E-state index in [1.165, 1.54) is 0 Å². The van der Waals surface area contributed by atoms with E-state index in [0.29, 0.717) is 26.4 Å². The molecule has 0 heterocycles. The van der Waals surface area contributed by atoms with E-state index >= 15 is 0 Å². The van der Waals surface area contributed by atoms with Crippen LogP contribution < -0.4 is 11.5 Å². The van der Waals surface area contributed by atoms with Gasteiger partial charge in [0.2, 0.25) is 0 Å². The molecule has 6 heteroatoms. The first-order valence-electron chi connectivity index (χ1n) is 7.63. The summed E-state index contributed by atoms with van der Waals surface area (Å²) in [7, 11) is 0. The van der Waals surface area contributed by atoms with Gasteiger partial charge in [-0.05, 0) is 25.7 Å². The lowest BCUT2D eigenvalue weighted by Gasteiger charge is -2.43. The standard InChI is InChI=1S/C14H32N2O4/c1-5-9-17-13(15,18-10-6-2)14(16,19-11-7-3)20-12-8-4/h5-12,15-16H2,1-4H3. The molecule has 6 nitrogen and oxygen atoms in total. The lowest BCUT2D eigenvalue weighted by molar-refractivity contribution is -0.407. The van der Waals surface area contributed by atoms with Gasteiger partial charge in [-0.1, -0.05) is 27.7 Å². The van der Waals surface area contributed by atoms with Crippen molar-refractivity contribution in [3.63, 3.8) is 0 Å². The van der Waals surface area contributed by atoms with Crippen LogP contribution in [0.25, 0.3) is 0 Å². The molecule has 0 aromatic heterocycles. The number of hydrogen-bond acceptors (Lipinski definition) is 6. The summed E-state index contributed by atoms with van der Waals surface area (Å²) >= 11 is 0. The second-order valence-corrected chi connectivity index (χ2v) is 4.73. The Bertz CT molecular complexity index is 199. The first-order chi connectivity index (χ1) is 9.49. The van der Waals surface area contributed by atoms with Crippen LogP contribution in [0.15, 0.2) is 0 Å². The summed E-state index contributed by atoms with van der Waals surface area (Å²) < 4.78 is 22.5. The van der Waals surface area contributed by atoms with Gasteiger partial charge in [0.15, 0.2) is 0 Å². The Labute approximate surface area is 123 Å². The first kappa shape index (κ1) is 19.8. The Morgan fingerprint density at radius 1 is 0.550 bits per heavy atom. The van der Waals surface area contributed by atoms with Gasteiger partial charge in [0.25, 0.3) is 11.8 Å². The summed E-state index contributed by atoms with van der Waals surface area (Å²) in [4.78, 5) is 0. The van der Waals surface area contributed by atoms with Crippen LogP contribution in [0.5, 0.6) is 0 Å². The summed E-state index contributed by atoms with van der Waals surface area (Å²) in [6.45, 7) is 9.62. The van der Waals surface area contributed by atoms with Gasteiger partial charge in [0, 0.05) is 0 Å². The van der Waals surface area contributed by atoms with E-state index in [0.717, 1.165) is 25.7 Å². The monoisotopic (exact) mass is 292 g/mol. The molecular weight excluding hydrogens is 260 g/mol. The highest BCUT2D eigenvalue weighted by Crippen LogP contribution is 2.25. The number of hydrogen-bond donors (Lipinski definition) is 2. The van der Waals surface area contributed by atoms with Gasteiger partial charge in [-0.15, -0.1) is 0 Å². The molecule has 0 fully saturated rings. The third-order valence-corrected chi connectivity index (χ3v) is 2.57. The van der Waals surface area contributed by atoms with Gasteiger partial charge < -0.3 is 18.9 Å². The molecule has 0 spiro atoms. The summed E-state index contributed by atoms with van der Waals surface area (Å²) in [5.41, 5.74) is 12.4. The maximum Gasteiger partial charge on any atom is 0.297 e. The zero-order valence-electron chi connectivity index (χ0n) is 13.4. The van der Waals surface area contributed by atoms with E-state index in [1.807, 2.05) is 27.7 Å². The smallest absolute Gasteiger partial charge is 0.297 e. The second-order valence-electron chi connectivity index (χ2n) is 4.73. The molecule has 0 aliphatic rings. The highest BCUT2D eigenvalue weighted by Gasteiger charge is 2.52. The third-order valence-electron chi connectivity index (χ3n) is 2.57. The van der Waals surface area contributed by atoms with Crippen molar-refractivity contribution in [2.75, 3.05) is 26.4 Å². The maximum absolute atomic E-state index is 6.21. The zero-order chi connectivity index (χ0) is 15.5. The van der Waals surface area contributed by atoms with Crippen molar-refractivity contribution < 1.29 is 18.9 Å². The predicted octanol–water partition coefficient (Wildman–Crippen LogP) is 1.92. The lowest BCUT2D eigenvalue weighted by atomic mass is 10.3. The van der Waals surface area contributed by atoms with E-state index in [-0.39, 0.29) is 0 Å². The lowest BCUT2D eigenvalue weighted by Crippen LogP contribution is -2.71. The van der Waals surface area contributed by atoms with Crippen molar-refractivity contribution in [3.05, 3.63) is 0 Å². The molecule has 20 heavy (non-hydrogen) atoms. The topological polar surface area (TPSA) is 89.0 Å². The van der Waals surface area contributed by atoms with Gasteiger partial charge >= 0.3 is 0 Å².